The van der Waals surface area contributed by atoms with Crippen molar-refractivity contribution < 1.29 is 24.5 Å². The molecule has 0 aliphatic carbocycles. The summed E-state index contributed by atoms with van der Waals surface area (Å²) in [6, 6.07) is 21.4. The van der Waals surface area contributed by atoms with Gasteiger partial charge in [-0.15, -0.1) is 10.2 Å². The lowest BCUT2D eigenvalue weighted by atomic mass is 9.80. The molecule has 224 valence electrons. The van der Waals surface area contributed by atoms with E-state index in [2.05, 4.69) is 26.1 Å². The number of hydrogen-bond donors (Lipinski definition) is 4. The van der Waals surface area contributed by atoms with Crippen LogP contribution in [-0.2, 0) is 27.6 Å². The van der Waals surface area contributed by atoms with Crippen LogP contribution >= 0.6 is 0 Å². The molecular weight excluding hydrogens is 547 g/mol. The van der Waals surface area contributed by atoms with Crippen LogP contribution in [0.15, 0.2) is 72.8 Å². The standard InChI is InChI=1S/C31H37BN6O5/c1-4-5-10-28(39)38(29(21(2)3)31(40)35-43-20-23-13-17-25(18-14-23)32(41)42)19-22-11-15-24(16-12-22)26-8-6-7-9-27(26)30-33-36-37-34-30/h6-9,11-18,21,29,41-42H,4-5,10,19-20H2,1-3H3,(H,35,40)(H,33,34,36,37)/t29-/m0/s1. The smallest absolute Gasteiger partial charge is 0.423 e. The molecule has 1 atom stereocenters. The van der Waals surface area contributed by atoms with Gasteiger partial charge in [0.05, 0.1) is 6.61 Å². The summed E-state index contributed by atoms with van der Waals surface area (Å²) in [4.78, 5) is 34.0. The predicted molar refractivity (Wildman–Crippen MR) is 163 cm³/mol. The molecule has 0 bridgehead atoms. The molecule has 1 heterocycles. The Labute approximate surface area is 251 Å². The van der Waals surface area contributed by atoms with Crippen LogP contribution in [0.3, 0.4) is 0 Å². The molecule has 2 amide bonds. The predicted octanol–water partition coefficient (Wildman–Crippen LogP) is 3.00. The third-order valence-corrected chi connectivity index (χ3v) is 7.12. The van der Waals surface area contributed by atoms with Gasteiger partial charge < -0.3 is 14.9 Å². The molecule has 11 nitrogen and oxygen atoms in total. The van der Waals surface area contributed by atoms with Gasteiger partial charge in [-0.05, 0) is 45.3 Å². The first kappa shape index (κ1) is 31.5. The number of carbonyl (C=O) groups is 2. The number of rotatable bonds is 14. The van der Waals surface area contributed by atoms with Gasteiger partial charge in [-0.3, -0.25) is 14.4 Å². The van der Waals surface area contributed by atoms with Crippen molar-refractivity contribution in [1.82, 2.24) is 31.0 Å². The van der Waals surface area contributed by atoms with Crippen LogP contribution < -0.4 is 10.9 Å². The number of amides is 2. The SMILES string of the molecule is CCCCC(=O)N(Cc1ccc(-c2ccccc2-c2nn[nH]n2)cc1)[C@H](C(=O)NOCc1ccc(B(O)O)cc1)C(C)C. The topological polar surface area (TPSA) is 154 Å². The average Bonchev–Trinajstić information content (AvgIpc) is 3.55. The first-order valence-electron chi connectivity index (χ1n) is 14.4. The summed E-state index contributed by atoms with van der Waals surface area (Å²) >= 11 is 0. The van der Waals surface area contributed by atoms with E-state index in [0.717, 1.165) is 40.7 Å². The second-order valence-electron chi connectivity index (χ2n) is 10.7. The van der Waals surface area contributed by atoms with Crippen molar-refractivity contribution >= 4 is 24.4 Å². The summed E-state index contributed by atoms with van der Waals surface area (Å²) in [5.41, 5.74) is 7.26. The van der Waals surface area contributed by atoms with E-state index in [1.807, 2.05) is 69.3 Å². The Balaban J connectivity index is 1.49. The van der Waals surface area contributed by atoms with Crippen molar-refractivity contribution in [3.63, 3.8) is 0 Å². The maximum Gasteiger partial charge on any atom is 0.488 e. The molecule has 43 heavy (non-hydrogen) atoms. The van der Waals surface area contributed by atoms with E-state index in [1.165, 1.54) is 0 Å². The number of H-pyrrole nitrogens is 1. The van der Waals surface area contributed by atoms with E-state index >= 15 is 0 Å². The Hall–Kier alpha value is -4.39. The molecule has 0 aliphatic heterocycles. The zero-order chi connectivity index (χ0) is 30.8. The number of hydrogen-bond acceptors (Lipinski definition) is 8. The van der Waals surface area contributed by atoms with Crippen LogP contribution in [0.25, 0.3) is 22.5 Å². The zero-order valence-corrected chi connectivity index (χ0v) is 24.6. The fourth-order valence-electron chi connectivity index (χ4n) is 4.85. The van der Waals surface area contributed by atoms with Gasteiger partial charge >= 0.3 is 7.12 Å². The van der Waals surface area contributed by atoms with Crippen molar-refractivity contribution in [2.24, 2.45) is 5.92 Å². The summed E-state index contributed by atoms with van der Waals surface area (Å²) in [6.45, 7) is 6.17. The largest absolute Gasteiger partial charge is 0.488 e. The molecule has 0 fully saturated rings. The lowest BCUT2D eigenvalue weighted by molar-refractivity contribution is -0.150. The van der Waals surface area contributed by atoms with Gasteiger partial charge in [0, 0.05) is 18.5 Å². The van der Waals surface area contributed by atoms with Crippen molar-refractivity contribution in [3.05, 3.63) is 83.9 Å². The molecule has 4 aromatic rings. The number of unbranched alkanes of at least 4 members (excludes halogenated alkanes) is 1. The van der Waals surface area contributed by atoms with Crippen LogP contribution in [0.5, 0.6) is 0 Å². The molecule has 0 unspecified atom stereocenters. The van der Waals surface area contributed by atoms with Crippen molar-refractivity contribution in [3.8, 4) is 22.5 Å². The Morgan fingerprint density at radius 3 is 2.26 bits per heavy atom. The molecule has 0 saturated heterocycles. The monoisotopic (exact) mass is 584 g/mol. The average molecular weight is 584 g/mol. The number of nitrogens with one attached hydrogen (secondary N) is 2. The van der Waals surface area contributed by atoms with Gasteiger partial charge in [-0.25, -0.2) is 5.48 Å². The highest BCUT2D eigenvalue weighted by Crippen LogP contribution is 2.30. The summed E-state index contributed by atoms with van der Waals surface area (Å²) in [7, 11) is -1.55. The first-order valence-corrected chi connectivity index (χ1v) is 14.4. The van der Waals surface area contributed by atoms with Gasteiger partial charge in [0.1, 0.15) is 6.04 Å². The van der Waals surface area contributed by atoms with Crippen molar-refractivity contribution in [2.45, 2.75) is 59.2 Å². The quantitative estimate of drug-likeness (QED) is 0.130. The van der Waals surface area contributed by atoms with E-state index in [9.17, 15) is 19.6 Å². The molecule has 1 aromatic heterocycles. The second-order valence-corrected chi connectivity index (χ2v) is 10.7. The number of hydroxylamine groups is 1. The van der Waals surface area contributed by atoms with Crippen molar-refractivity contribution in [2.75, 3.05) is 0 Å². The fourth-order valence-corrected chi connectivity index (χ4v) is 4.85. The lowest BCUT2D eigenvalue weighted by Gasteiger charge is -2.33. The van der Waals surface area contributed by atoms with Gasteiger partial charge in [0.15, 0.2) is 0 Å². The molecule has 3 aromatic carbocycles. The minimum atomic E-state index is -1.55. The van der Waals surface area contributed by atoms with Crippen LogP contribution in [0.1, 0.15) is 51.2 Å². The molecule has 0 spiro atoms. The summed E-state index contributed by atoms with van der Waals surface area (Å²) in [5, 5.41) is 32.9. The highest BCUT2D eigenvalue weighted by Gasteiger charge is 2.32. The number of aromatic nitrogens is 4. The highest BCUT2D eigenvalue weighted by atomic mass is 16.6. The van der Waals surface area contributed by atoms with E-state index in [1.54, 1.807) is 29.2 Å². The Kier molecular flexibility index (Phi) is 11.1. The Morgan fingerprint density at radius 2 is 1.65 bits per heavy atom. The van der Waals surface area contributed by atoms with Crippen LogP contribution in [-0.4, -0.2) is 60.5 Å². The van der Waals surface area contributed by atoms with E-state index in [-0.39, 0.29) is 25.0 Å². The van der Waals surface area contributed by atoms with Crippen LogP contribution in [0.2, 0.25) is 0 Å². The zero-order valence-electron chi connectivity index (χ0n) is 24.6. The maximum absolute atomic E-state index is 13.4. The van der Waals surface area contributed by atoms with E-state index in [0.29, 0.717) is 17.7 Å². The lowest BCUT2D eigenvalue weighted by Crippen LogP contribution is -2.51. The van der Waals surface area contributed by atoms with Crippen LogP contribution in [0, 0.1) is 5.92 Å². The molecule has 12 heteroatoms. The number of nitrogens with zero attached hydrogens (tertiary/aromatic N) is 4. The molecule has 4 rings (SSSR count). The maximum atomic E-state index is 13.4. The minimum Gasteiger partial charge on any atom is -0.423 e. The summed E-state index contributed by atoms with van der Waals surface area (Å²) < 4.78 is 0. The third-order valence-electron chi connectivity index (χ3n) is 7.12. The third kappa shape index (κ3) is 8.34. The highest BCUT2D eigenvalue weighted by molar-refractivity contribution is 6.58. The molecular formula is C31H37BN6O5. The van der Waals surface area contributed by atoms with Crippen molar-refractivity contribution in [1.29, 1.82) is 0 Å². The minimum absolute atomic E-state index is 0.0783. The molecule has 0 saturated carbocycles. The van der Waals surface area contributed by atoms with E-state index < -0.39 is 19.1 Å². The fraction of sp³-hybridized carbons (Fsp3) is 0.323. The Morgan fingerprint density at radius 1 is 0.977 bits per heavy atom. The molecule has 0 radical (unpaired) electrons. The number of carbonyl (C=O) groups excluding carboxylic acids is 2. The summed E-state index contributed by atoms with van der Waals surface area (Å²) in [6.07, 6.45) is 1.93. The Bertz CT molecular complexity index is 1460. The normalized spacial score (nSPS) is 11.8. The van der Waals surface area contributed by atoms with Crippen LogP contribution in [0.4, 0.5) is 0 Å². The first-order chi connectivity index (χ1) is 20.8. The second kappa shape index (κ2) is 15.2. The molecule has 0 aliphatic rings. The van der Waals surface area contributed by atoms with Gasteiger partial charge in [-0.1, -0.05) is 100.0 Å². The van der Waals surface area contributed by atoms with Gasteiger partial charge in [0.2, 0.25) is 11.7 Å². The number of aromatic amines is 1. The molecule has 4 N–H and O–H groups in total. The van der Waals surface area contributed by atoms with Gasteiger partial charge in [0.25, 0.3) is 5.91 Å². The number of benzene rings is 3. The number of tetrazole rings is 1. The van der Waals surface area contributed by atoms with Gasteiger partial charge in [-0.2, -0.15) is 5.21 Å². The van der Waals surface area contributed by atoms with E-state index in [4.69, 9.17) is 4.84 Å². The summed E-state index contributed by atoms with van der Waals surface area (Å²) in [5.74, 6) is -0.185.